The van der Waals surface area contributed by atoms with Crippen LogP contribution in [-0.4, -0.2) is 47.4 Å². The van der Waals surface area contributed by atoms with Gasteiger partial charge in [-0.1, -0.05) is 47.1 Å². The van der Waals surface area contributed by atoms with Crippen LogP contribution in [0.25, 0.3) is 0 Å². The number of rotatable bonds is 6. The second kappa shape index (κ2) is 9.07. The van der Waals surface area contributed by atoms with Gasteiger partial charge in [0.25, 0.3) is 0 Å². The van der Waals surface area contributed by atoms with Crippen LogP contribution in [0, 0.1) is 39.4 Å². The molecule has 0 heterocycles. The van der Waals surface area contributed by atoms with Crippen molar-refractivity contribution in [3.63, 3.8) is 0 Å². The number of allylic oxidation sites excluding steroid dienone is 4. The van der Waals surface area contributed by atoms with Crippen LogP contribution in [0.4, 0.5) is 0 Å². The van der Waals surface area contributed by atoms with Crippen LogP contribution in [0.5, 0.6) is 0 Å². The van der Waals surface area contributed by atoms with Gasteiger partial charge in [0.1, 0.15) is 5.78 Å². The highest BCUT2D eigenvalue weighted by molar-refractivity contribution is 6.19. The molecule has 7 unspecified atom stereocenters. The number of carbonyl (C=O) groups is 5. The molecular formula is C31H42O7. The molecule has 7 nitrogen and oxygen atoms in total. The van der Waals surface area contributed by atoms with E-state index in [1.807, 2.05) is 34.6 Å². The normalized spacial score (nSPS) is 37.6. The maximum Gasteiger partial charge on any atom is 0.308 e. The van der Waals surface area contributed by atoms with Crippen molar-refractivity contribution in [2.45, 2.75) is 93.1 Å². The molecule has 208 valence electrons. The number of aliphatic hydroxyl groups is 1. The molecule has 1 saturated carbocycles. The number of aliphatic hydroxyl groups excluding tert-OH is 1. The van der Waals surface area contributed by atoms with Crippen LogP contribution in [0.2, 0.25) is 0 Å². The summed E-state index contributed by atoms with van der Waals surface area (Å²) >= 11 is 0. The minimum absolute atomic E-state index is 0.0420. The lowest BCUT2D eigenvalue weighted by molar-refractivity contribution is -0.146. The minimum atomic E-state index is -1.19. The molecular weight excluding hydrogens is 484 g/mol. The van der Waals surface area contributed by atoms with E-state index in [2.05, 4.69) is 0 Å². The smallest absolute Gasteiger partial charge is 0.308 e. The maximum absolute atomic E-state index is 14.0. The van der Waals surface area contributed by atoms with Crippen molar-refractivity contribution in [1.82, 2.24) is 0 Å². The number of carbonyl (C=O) groups excluding carboxylic acids is 5. The first-order chi connectivity index (χ1) is 17.5. The molecule has 1 fully saturated rings. The van der Waals surface area contributed by atoms with E-state index in [-0.39, 0.29) is 60.7 Å². The molecule has 0 saturated heterocycles. The molecule has 1 N–H and O–H groups in total. The molecule has 0 aliphatic heterocycles. The van der Waals surface area contributed by atoms with Crippen LogP contribution >= 0.6 is 0 Å². The molecule has 0 aromatic carbocycles. The van der Waals surface area contributed by atoms with E-state index in [1.54, 1.807) is 19.9 Å². The van der Waals surface area contributed by atoms with Gasteiger partial charge in [0, 0.05) is 47.7 Å². The van der Waals surface area contributed by atoms with E-state index in [0.717, 1.165) is 5.57 Å². The van der Waals surface area contributed by atoms with Gasteiger partial charge in [-0.25, -0.2) is 0 Å². The zero-order valence-electron chi connectivity index (χ0n) is 24.0. The Morgan fingerprint density at radius 3 is 2.26 bits per heavy atom. The summed E-state index contributed by atoms with van der Waals surface area (Å²) in [5, 5.41) is 10.8. The highest BCUT2D eigenvalue weighted by Crippen LogP contribution is 2.68. The van der Waals surface area contributed by atoms with E-state index in [4.69, 9.17) is 4.74 Å². The van der Waals surface area contributed by atoms with Gasteiger partial charge in [-0.15, -0.1) is 0 Å². The van der Waals surface area contributed by atoms with Gasteiger partial charge in [-0.2, -0.15) is 0 Å². The minimum Gasteiger partial charge on any atom is -0.469 e. The first kappa shape index (κ1) is 28.6. The third-order valence-corrected chi connectivity index (χ3v) is 11.0. The monoisotopic (exact) mass is 526 g/mol. The summed E-state index contributed by atoms with van der Waals surface area (Å²) in [5.74, 6) is -2.12. The average molecular weight is 527 g/mol. The summed E-state index contributed by atoms with van der Waals surface area (Å²) in [4.78, 5) is 66.4. The molecule has 0 spiro atoms. The van der Waals surface area contributed by atoms with Crippen molar-refractivity contribution in [2.24, 2.45) is 39.4 Å². The number of esters is 1. The fourth-order valence-electron chi connectivity index (χ4n) is 8.46. The summed E-state index contributed by atoms with van der Waals surface area (Å²) < 4.78 is 4.73. The fraction of sp³-hybridized carbons (Fsp3) is 0.710. The number of ether oxygens (including phenoxy) is 1. The second-order valence-corrected chi connectivity index (χ2v) is 13.5. The lowest BCUT2D eigenvalue weighted by Crippen LogP contribution is -2.59. The van der Waals surface area contributed by atoms with Crippen molar-refractivity contribution in [2.75, 3.05) is 7.11 Å². The van der Waals surface area contributed by atoms with Gasteiger partial charge in [-0.05, 0) is 43.1 Å². The molecule has 0 radical (unpaired) electrons. The molecule has 38 heavy (non-hydrogen) atoms. The Bertz CT molecular complexity index is 1190. The van der Waals surface area contributed by atoms with Crippen molar-refractivity contribution in [3.8, 4) is 0 Å². The number of hydrogen-bond donors (Lipinski definition) is 1. The number of hydrogen-bond acceptors (Lipinski definition) is 7. The van der Waals surface area contributed by atoms with E-state index < -0.39 is 39.7 Å². The average Bonchev–Trinajstić information content (AvgIpc) is 3.03. The molecule has 7 atom stereocenters. The molecule has 4 aliphatic carbocycles. The summed E-state index contributed by atoms with van der Waals surface area (Å²) in [7, 11) is 1.29. The van der Waals surface area contributed by atoms with Crippen molar-refractivity contribution in [1.29, 1.82) is 0 Å². The third kappa shape index (κ3) is 3.75. The quantitative estimate of drug-likeness (QED) is 0.512. The van der Waals surface area contributed by atoms with Gasteiger partial charge in [0.05, 0.1) is 24.5 Å². The third-order valence-electron chi connectivity index (χ3n) is 11.0. The van der Waals surface area contributed by atoms with Crippen LogP contribution in [-0.2, 0) is 28.7 Å². The van der Waals surface area contributed by atoms with Crippen LogP contribution < -0.4 is 0 Å². The molecule has 0 bridgehead atoms. The number of fused-ring (bicyclic) bond motifs is 4. The van der Waals surface area contributed by atoms with Crippen LogP contribution in [0.15, 0.2) is 22.8 Å². The van der Waals surface area contributed by atoms with Crippen molar-refractivity contribution < 1.29 is 33.8 Å². The maximum atomic E-state index is 14.0. The second-order valence-electron chi connectivity index (χ2n) is 13.5. The predicted octanol–water partition coefficient (Wildman–Crippen LogP) is 4.35. The highest BCUT2D eigenvalue weighted by atomic mass is 16.5. The first-order valence-corrected chi connectivity index (χ1v) is 13.8. The zero-order chi connectivity index (χ0) is 28.6. The Kier molecular flexibility index (Phi) is 6.83. The van der Waals surface area contributed by atoms with Crippen LogP contribution in [0.3, 0.4) is 0 Å². The molecule has 4 rings (SSSR count). The lowest BCUT2D eigenvalue weighted by Gasteiger charge is -2.59. The topological polar surface area (TPSA) is 115 Å². The number of methoxy groups -OCH3 is 1. The Morgan fingerprint density at radius 2 is 1.66 bits per heavy atom. The van der Waals surface area contributed by atoms with E-state index in [9.17, 15) is 29.1 Å². The Morgan fingerprint density at radius 1 is 1.03 bits per heavy atom. The first-order valence-electron chi connectivity index (χ1n) is 13.8. The van der Waals surface area contributed by atoms with E-state index in [0.29, 0.717) is 24.0 Å². The summed E-state index contributed by atoms with van der Waals surface area (Å²) in [5.41, 5.74) is -1.66. The Labute approximate surface area is 225 Å². The summed E-state index contributed by atoms with van der Waals surface area (Å²) in [6, 6.07) is 0. The van der Waals surface area contributed by atoms with E-state index in [1.165, 1.54) is 7.11 Å². The molecule has 0 aromatic rings. The van der Waals surface area contributed by atoms with Gasteiger partial charge in [0.15, 0.2) is 17.3 Å². The van der Waals surface area contributed by atoms with Gasteiger partial charge >= 0.3 is 5.97 Å². The molecule has 0 amide bonds. The lowest BCUT2D eigenvalue weighted by atomic mass is 9.42. The van der Waals surface area contributed by atoms with E-state index >= 15 is 0 Å². The van der Waals surface area contributed by atoms with Gasteiger partial charge in [0.2, 0.25) is 0 Å². The molecule has 7 heteroatoms. The Balaban J connectivity index is 1.73. The fourth-order valence-corrected chi connectivity index (χ4v) is 8.46. The van der Waals surface area contributed by atoms with Gasteiger partial charge < -0.3 is 9.84 Å². The SMILES string of the molecule is COC(=O)C(C)CC(=O)CC(C)C1=CC(=O)C2(C)C3=C(C(=O)CC12C)C1(C)CCC(O)C(C)(C)C1CC3=O. The van der Waals surface area contributed by atoms with Gasteiger partial charge in [-0.3, -0.25) is 24.0 Å². The summed E-state index contributed by atoms with van der Waals surface area (Å²) in [6.07, 6.45) is 2.60. The highest BCUT2D eigenvalue weighted by Gasteiger charge is 2.68. The van der Waals surface area contributed by atoms with Crippen molar-refractivity contribution in [3.05, 3.63) is 22.8 Å². The number of Topliss-reactive ketones (excluding diaryl/α,β-unsaturated/α-hetero) is 3. The molecule has 4 aliphatic rings. The molecule has 0 aromatic heterocycles. The van der Waals surface area contributed by atoms with Crippen molar-refractivity contribution >= 4 is 29.1 Å². The zero-order valence-corrected chi connectivity index (χ0v) is 24.0. The largest absolute Gasteiger partial charge is 0.469 e. The Hall–Kier alpha value is -2.41. The number of ketones is 4. The predicted molar refractivity (Wildman–Crippen MR) is 141 cm³/mol. The standard InChI is InChI=1S/C31H42O7/c1-16(11-18(32)12-17(2)27(37)38-8)19-13-24(36)31(7)26-20(33)14-22-28(3,4)23(35)9-10-29(22,5)25(26)21(34)15-30(19,31)6/h13,16-17,22-23,35H,9-12,14-15H2,1-8H3. The van der Waals surface area contributed by atoms with Crippen LogP contribution in [0.1, 0.15) is 87.0 Å². The summed E-state index contributed by atoms with van der Waals surface area (Å²) in [6.45, 7) is 13.2.